The van der Waals surface area contributed by atoms with Crippen LogP contribution in [0.2, 0.25) is 0 Å². The Kier molecular flexibility index (Phi) is 5.93. The third kappa shape index (κ3) is 4.36. The van der Waals surface area contributed by atoms with Crippen LogP contribution in [0.4, 0.5) is 0 Å². The van der Waals surface area contributed by atoms with Crippen LogP contribution >= 0.6 is 0 Å². The number of rotatable bonds is 7. The summed E-state index contributed by atoms with van der Waals surface area (Å²) in [5.74, 6) is 2.89. The van der Waals surface area contributed by atoms with E-state index in [4.69, 9.17) is 9.15 Å². The molecule has 0 spiro atoms. The van der Waals surface area contributed by atoms with E-state index >= 15 is 0 Å². The smallest absolute Gasteiger partial charge is 0.129 e. The summed E-state index contributed by atoms with van der Waals surface area (Å²) in [4.78, 5) is 0. The Morgan fingerprint density at radius 1 is 1.32 bits per heavy atom. The third-order valence-corrected chi connectivity index (χ3v) is 4.25. The molecular formula is C16H27NO2. The fourth-order valence-corrected chi connectivity index (χ4v) is 3.11. The molecule has 1 heterocycles. The van der Waals surface area contributed by atoms with Gasteiger partial charge in [0.05, 0.1) is 6.04 Å². The van der Waals surface area contributed by atoms with Crippen molar-refractivity contribution in [1.82, 2.24) is 5.32 Å². The highest BCUT2D eigenvalue weighted by Gasteiger charge is 2.18. The van der Waals surface area contributed by atoms with Crippen LogP contribution in [0.5, 0.6) is 0 Å². The maximum absolute atomic E-state index is 5.83. The molecule has 3 nitrogen and oxygen atoms in total. The third-order valence-electron chi connectivity index (χ3n) is 4.25. The predicted octanol–water partition coefficient (Wildman–Crippen LogP) is 4.05. The van der Waals surface area contributed by atoms with E-state index in [0.29, 0.717) is 12.6 Å². The fraction of sp³-hybridized carbons (Fsp3) is 0.750. The lowest BCUT2D eigenvalue weighted by Gasteiger charge is -2.23. The summed E-state index contributed by atoms with van der Waals surface area (Å²) in [7, 11) is 3.71. The fourth-order valence-electron chi connectivity index (χ4n) is 3.11. The number of methoxy groups -OCH3 is 1. The van der Waals surface area contributed by atoms with Crippen LogP contribution in [-0.4, -0.2) is 14.2 Å². The standard InChI is InChI=1S/C16H27NO2/c1-17-15(10-8-13-6-4-3-5-7-13)16-11-9-14(19-16)12-18-2/h9,11,13,15,17H,3-8,10,12H2,1-2H3. The van der Waals surface area contributed by atoms with Gasteiger partial charge in [-0.3, -0.25) is 0 Å². The largest absolute Gasteiger partial charge is 0.462 e. The Labute approximate surface area is 116 Å². The molecule has 0 aromatic carbocycles. The Balaban J connectivity index is 1.84. The molecular weight excluding hydrogens is 238 g/mol. The summed E-state index contributed by atoms with van der Waals surface area (Å²) in [6.07, 6.45) is 9.60. The van der Waals surface area contributed by atoms with Crippen LogP contribution in [-0.2, 0) is 11.3 Å². The molecule has 1 aromatic rings. The van der Waals surface area contributed by atoms with Crippen molar-refractivity contribution < 1.29 is 9.15 Å². The van der Waals surface area contributed by atoms with Crippen molar-refractivity contribution in [3.63, 3.8) is 0 Å². The van der Waals surface area contributed by atoms with Gasteiger partial charge in [0.1, 0.15) is 18.1 Å². The normalized spacial score (nSPS) is 18.6. The second kappa shape index (κ2) is 7.71. The van der Waals surface area contributed by atoms with Crippen LogP contribution in [0.25, 0.3) is 0 Å². The molecule has 1 aliphatic rings. The summed E-state index contributed by atoms with van der Waals surface area (Å²) in [6, 6.07) is 4.44. The summed E-state index contributed by atoms with van der Waals surface area (Å²) >= 11 is 0. The van der Waals surface area contributed by atoms with Crippen LogP contribution in [0.1, 0.15) is 62.5 Å². The van der Waals surface area contributed by atoms with Crippen molar-refractivity contribution in [3.8, 4) is 0 Å². The number of nitrogens with one attached hydrogen (secondary N) is 1. The highest BCUT2D eigenvalue weighted by molar-refractivity contribution is 5.10. The average Bonchev–Trinajstić information content (AvgIpc) is 2.90. The van der Waals surface area contributed by atoms with E-state index in [1.807, 2.05) is 13.1 Å². The Morgan fingerprint density at radius 3 is 2.79 bits per heavy atom. The average molecular weight is 265 g/mol. The molecule has 0 saturated heterocycles. The lowest BCUT2D eigenvalue weighted by molar-refractivity contribution is 0.161. The zero-order chi connectivity index (χ0) is 13.5. The molecule has 1 fully saturated rings. The molecule has 1 atom stereocenters. The first-order valence-corrected chi connectivity index (χ1v) is 7.58. The van der Waals surface area contributed by atoms with E-state index in [2.05, 4.69) is 11.4 Å². The van der Waals surface area contributed by atoms with Gasteiger partial charge in [-0.1, -0.05) is 32.1 Å². The van der Waals surface area contributed by atoms with E-state index < -0.39 is 0 Å². The first-order valence-electron chi connectivity index (χ1n) is 7.58. The Morgan fingerprint density at radius 2 is 2.11 bits per heavy atom. The maximum Gasteiger partial charge on any atom is 0.129 e. The summed E-state index contributed by atoms with van der Waals surface area (Å²) < 4.78 is 10.9. The van der Waals surface area contributed by atoms with Gasteiger partial charge in [-0.25, -0.2) is 0 Å². The molecule has 1 aromatic heterocycles. The van der Waals surface area contributed by atoms with Crippen molar-refractivity contribution in [2.75, 3.05) is 14.2 Å². The lowest BCUT2D eigenvalue weighted by atomic mass is 9.85. The minimum absolute atomic E-state index is 0.340. The van der Waals surface area contributed by atoms with Crippen molar-refractivity contribution in [2.24, 2.45) is 5.92 Å². The zero-order valence-electron chi connectivity index (χ0n) is 12.3. The van der Waals surface area contributed by atoms with Crippen molar-refractivity contribution in [3.05, 3.63) is 23.7 Å². The number of furan rings is 1. The number of hydrogen-bond acceptors (Lipinski definition) is 3. The van der Waals surface area contributed by atoms with Gasteiger partial charge in [0.15, 0.2) is 0 Å². The van der Waals surface area contributed by atoms with Gasteiger partial charge in [0.2, 0.25) is 0 Å². The minimum Gasteiger partial charge on any atom is -0.462 e. The summed E-state index contributed by atoms with van der Waals surface area (Å²) in [5.41, 5.74) is 0. The van der Waals surface area contributed by atoms with E-state index in [0.717, 1.165) is 17.4 Å². The SMILES string of the molecule is CNC(CCC1CCCCC1)c1ccc(COC)o1. The molecule has 0 aliphatic heterocycles. The topological polar surface area (TPSA) is 34.4 Å². The first kappa shape index (κ1) is 14.6. The molecule has 1 unspecified atom stereocenters. The monoisotopic (exact) mass is 265 g/mol. The first-order chi connectivity index (χ1) is 9.33. The van der Waals surface area contributed by atoms with Crippen LogP contribution in [0, 0.1) is 5.92 Å². The molecule has 2 rings (SSSR count). The second-order valence-corrected chi connectivity index (χ2v) is 5.66. The maximum atomic E-state index is 5.83. The van der Waals surface area contributed by atoms with Gasteiger partial charge in [-0.2, -0.15) is 0 Å². The minimum atomic E-state index is 0.340. The van der Waals surface area contributed by atoms with Crippen LogP contribution < -0.4 is 5.32 Å². The molecule has 108 valence electrons. The van der Waals surface area contributed by atoms with Crippen LogP contribution in [0.3, 0.4) is 0 Å². The van der Waals surface area contributed by atoms with Gasteiger partial charge in [-0.05, 0) is 37.9 Å². The molecule has 3 heteroatoms. The summed E-state index contributed by atoms with van der Waals surface area (Å²) in [6.45, 7) is 0.555. The Bertz CT molecular complexity index is 355. The molecule has 0 amide bonds. The predicted molar refractivity (Wildman–Crippen MR) is 77.0 cm³/mol. The van der Waals surface area contributed by atoms with E-state index in [9.17, 15) is 0 Å². The molecule has 0 bridgehead atoms. The molecule has 1 N–H and O–H groups in total. The number of ether oxygens (including phenoxy) is 1. The van der Waals surface area contributed by atoms with E-state index in [1.165, 1.54) is 44.9 Å². The second-order valence-electron chi connectivity index (χ2n) is 5.66. The number of hydrogen-bond donors (Lipinski definition) is 1. The lowest BCUT2D eigenvalue weighted by Crippen LogP contribution is -2.17. The van der Waals surface area contributed by atoms with E-state index in [-0.39, 0.29) is 0 Å². The molecule has 1 saturated carbocycles. The van der Waals surface area contributed by atoms with Gasteiger partial charge in [0.25, 0.3) is 0 Å². The van der Waals surface area contributed by atoms with E-state index in [1.54, 1.807) is 7.11 Å². The van der Waals surface area contributed by atoms with Crippen molar-refractivity contribution in [2.45, 2.75) is 57.6 Å². The van der Waals surface area contributed by atoms with Gasteiger partial charge in [0, 0.05) is 7.11 Å². The highest BCUT2D eigenvalue weighted by Crippen LogP contribution is 2.30. The van der Waals surface area contributed by atoms with Crippen molar-refractivity contribution >= 4 is 0 Å². The van der Waals surface area contributed by atoms with Gasteiger partial charge >= 0.3 is 0 Å². The highest BCUT2D eigenvalue weighted by atomic mass is 16.5. The Hall–Kier alpha value is -0.800. The summed E-state index contributed by atoms with van der Waals surface area (Å²) in [5, 5.41) is 3.38. The van der Waals surface area contributed by atoms with Crippen LogP contribution in [0.15, 0.2) is 16.5 Å². The van der Waals surface area contributed by atoms with Gasteiger partial charge in [-0.15, -0.1) is 0 Å². The zero-order valence-corrected chi connectivity index (χ0v) is 12.3. The van der Waals surface area contributed by atoms with Gasteiger partial charge < -0.3 is 14.5 Å². The molecule has 19 heavy (non-hydrogen) atoms. The molecule has 1 aliphatic carbocycles. The van der Waals surface area contributed by atoms with Crippen molar-refractivity contribution in [1.29, 1.82) is 0 Å². The quantitative estimate of drug-likeness (QED) is 0.807. The molecule has 0 radical (unpaired) electrons.